The fourth-order valence-electron chi connectivity index (χ4n) is 4.34. The highest BCUT2D eigenvalue weighted by Gasteiger charge is 2.59. The Bertz CT molecular complexity index is 717. The van der Waals surface area contributed by atoms with Gasteiger partial charge in [0.25, 0.3) is 0 Å². The Morgan fingerprint density at radius 1 is 1.04 bits per heavy atom. The number of alkyl halides is 3. The van der Waals surface area contributed by atoms with Crippen molar-refractivity contribution in [3.63, 3.8) is 0 Å². The number of rotatable bonds is 5. The summed E-state index contributed by atoms with van der Waals surface area (Å²) in [6.07, 6.45) is 9.12. The van der Waals surface area contributed by atoms with Crippen LogP contribution in [0.25, 0.3) is 0 Å². The predicted molar refractivity (Wildman–Crippen MR) is 101 cm³/mol. The monoisotopic (exact) mass is 362 g/mol. The first-order chi connectivity index (χ1) is 12.0. The summed E-state index contributed by atoms with van der Waals surface area (Å²) in [7, 11) is 0. The Balaban J connectivity index is 1.80. The second-order valence-electron chi connectivity index (χ2n) is 8.91. The van der Waals surface area contributed by atoms with Gasteiger partial charge >= 0.3 is 5.92 Å². The molecule has 0 aliphatic heterocycles. The Hall–Kier alpha value is -1.51. The molecule has 1 fully saturated rings. The summed E-state index contributed by atoms with van der Waals surface area (Å²) in [5, 5.41) is 0. The van der Waals surface area contributed by atoms with E-state index in [-0.39, 0.29) is 11.0 Å². The van der Waals surface area contributed by atoms with Gasteiger partial charge in [0, 0.05) is 5.56 Å². The van der Waals surface area contributed by atoms with Crippen LogP contribution in [-0.2, 0) is 5.92 Å². The first-order valence-electron chi connectivity index (χ1n) is 9.55. The lowest BCUT2D eigenvalue weighted by Crippen LogP contribution is -2.36. The molecule has 0 saturated heterocycles. The third-order valence-corrected chi connectivity index (χ3v) is 6.31. The van der Waals surface area contributed by atoms with Gasteiger partial charge in [0.05, 0.1) is 0 Å². The van der Waals surface area contributed by atoms with E-state index in [1.807, 2.05) is 0 Å². The molecule has 2 aliphatic carbocycles. The second-order valence-corrected chi connectivity index (χ2v) is 8.91. The number of halogens is 3. The van der Waals surface area contributed by atoms with Gasteiger partial charge in [0.1, 0.15) is 0 Å². The molecule has 26 heavy (non-hydrogen) atoms. The van der Waals surface area contributed by atoms with Gasteiger partial charge in [0.15, 0.2) is 5.67 Å². The first kappa shape index (κ1) is 19.3. The minimum absolute atomic E-state index is 0.110. The van der Waals surface area contributed by atoms with E-state index in [0.29, 0.717) is 17.8 Å². The topological polar surface area (TPSA) is 0 Å². The highest BCUT2D eigenvalue weighted by atomic mass is 19.3. The van der Waals surface area contributed by atoms with Crippen LogP contribution in [0.2, 0.25) is 0 Å². The first-order valence-corrected chi connectivity index (χ1v) is 9.55. The lowest BCUT2D eigenvalue weighted by atomic mass is 9.90. The molecule has 0 heterocycles. The Kier molecular flexibility index (Phi) is 4.65. The van der Waals surface area contributed by atoms with E-state index in [1.54, 1.807) is 12.1 Å². The summed E-state index contributed by atoms with van der Waals surface area (Å²) in [6.45, 7) is 8.51. The lowest BCUT2D eigenvalue weighted by Gasteiger charge is -2.27. The van der Waals surface area contributed by atoms with E-state index >= 15 is 0 Å². The summed E-state index contributed by atoms with van der Waals surface area (Å²) in [6, 6.07) is 6.29. The molecule has 3 heteroatoms. The molecule has 3 unspecified atom stereocenters. The maximum atomic E-state index is 14.2. The normalized spacial score (nSPS) is 28.0. The smallest absolute Gasteiger partial charge is 0.237 e. The highest BCUT2D eigenvalue weighted by molar-refractivity contribution is 5.44. The molecule has 2 aliphatic rings. The Morgan fingerprint density at radius 3 is 2.12 bits per heavy atom. The number of hydrogen-bond acceptors (Lipinski definition) is 0. The van der Waals surface area contributed by atoms with Crippen LogP contribution >= 0.6 is 0 Å². The lowest BCUT2D eigenvalue weighted by molar-refractivity contribution is -0.127. The van der Waals surface area contributed by atoms with Gasteiger partial charge < -0.3 is 0 Å². The third-order valence-electron chi connectivity index (χ3n) is 6.31. The molecule has 1 aromatic rings. The van der Waals surface area contributed by atoms with Crippen molar-refractivity contribution in [2.24, 2.45) is 17.3 Å². The zero-order valence-electron chi connectivity index (χ0n) is 16.3. The van der Waals surface area contributed by atoms with Gasteiger partial charge in [-0.25, -0.2) is 4.39 Å². The van der Waals surface area contributed by atoms with Crippen LogP contribution in [0, 0.1) is 17.3 Å². The molecule has 0 bridgehead atoms. The average Bonchev–Trinajstić information content (AvgIpc) is 3.16. The van der Waals surface area contributed by atoms with E-state index in [2.05, 4.69) is 39.0 Å². The standard InChI is InChI=1S/C23H29F3/c1-6-15-7-9-16(10-8-15)19-20(21(19,2)3)17-11-13-18(14-12-17)23(25,26)22(4,5)24/h7,9-15,19-20H,6,8H2,1-5H3. The van der Waals surface area contributed by atoms with Crippen molar-refractivity contribution in [1.82, 2.24) is 0 Å². The highest BCUT2D eigenvalue weighted by Crippen LogP contribution is 2.68. The molecule has 0 spiro atoms. The van der Waals surface area contributed by atoms with Crippen molar-refractivity contribution < 1.29 is 13.2 Å². The summed E-state index contributed by atoms with van der Waals surface area (Å²) in [4.78, 5) is 0. The van der Waals surface area contributed by atoms with Crippen LogP contribution in [0.5, 0.6) is 0 Å². The molecular formula is C23H29F3. The van der Waals surface area contributed by atoms with Crippen molar-refractivity contribution in [3.8, 4) is 0 Å². The molecule has 1 aromatic carbocycles. The zero-order valence-corrected chi connectivity index (χ0v) is 16.3. The molecule has 0 aromatic heterocycles. The summed E-state index contributed by atoms with van der Waals surface area (Å²) in [5.74, 6) is -2.13. The van der Waals surface area contributed by atoms with E-state index in [0.717, 1.165) is 32.3 Å². The van der Waals surface area contributed by atoms with Gasteiger partial charge in [-0.3, -0.25) is 0 Å². The average molecular weight is 362 g/mol. The van der Waals surface area contributed by atoms with Crippen molar-refractivity contribution in [3.05, 3.63) is 59.2 Å². The van der Waals surface area contributed by atoms with Crippen LogP contribution in [0.4, 0.5) is 13.2 Å². The van der Waals surface area contributed by atoms with Crippen molar-refractivity contribution in [2.45, 2.75) is 65.0 Å². The number of allylic oxidation sites excluding steroid dienone is 4. The maximum absolute atomic E-state index is 14.2. The number of benzene rings is 1. The van der Waals surface area contributed by atoms with Gasteiger partial charge in [-0.2, -0.15) is 8.78 Å². The fourth-order valence-corrected chi connectivity index (χ4v) is 4.34. The molecular weight excluding hydrogens is 333 g/mol. The van der Waals surface area contributed by atoms with Crippen molar-refractivity contribution in [2.75, 3.05) is 0 Å². The Labute approximate surface area is 155 Å². The third kappa shape index (κ3) is 3.14. The molecule has 142 valence electrons. The molecule has 3 atom stereocenters. The number of hydrogen-bond donors (Lipinski definition) is 0. The van der Waals surface area contributed by atoms with Crippen molar-refractivity contribution >= 4 is 0 Å². The van der Waals surface area contributed by atoms with Crippen LogP contribution in [0.3, 0.4) is 0 Å². The maximum Gasteiger partial charge on any atom is 0.305 e. The molecule has 0 radical (unpaired) electrons. The molecule has 0 amide bonds. The minimum atomic E-state index is -3.49. The summed E-state index contributed by atoms with van der Waals surface area (Å²) in [5.41, 5.74) is -0.305. The fraction of sp³-hybridized carbons (Fsp3) is 0.565. The van der Waals surface area contributed by atoms with Gasteiger partial charge in [-0.15, -0.1) is 0 Å². The van der Waals surface area contributed by atoms with E-state index in [9.17, 15) is 13.2 Å². The van der Waals surface area contributed by atoms with Gasteiger partial charge in [-0.05, 0) is 61.0 Å². The zero-order chi connectivity index (χ0) is 19.3. The summed E-state index contributed by atoms with van der Waals surface area (Å²) < 4.78 is 42.3. The quantitative estimate of drug-likeness (QED) is 0.520. The van der Waals surface area contributed by atoms with Crippen LogP contribution < -0.4 is 0 Å². The van der Waals surface area contributed by atoms with Gasteiger partial charge in [-0.1, -0.05) is 63.3 Å². The van der Waals surface area contributed by atoms with E-state index in [4.69, 9.17) is 0 Å². The molecule has 3 rings (SSSR count). The van der Waals surface area contributed by atoms with Crippen LogP contribution in [-0.4, -0.2) is 5.67 Å². The van der Waals surface area contributed by atoms with Crippen molar-refractivity contribution in [1.29, 1.82) is 0 Å². The molecule has 0 N–H and O–H groups in total. The molecule has 1 saturated carbocycles. The largest absolute Gasteiger partial charge is 0.305 e. The van der Waals surface area contributed by atoms with E-state index in [1.165, 1.54) is 17.7 Å². The SMILES string of the molecule is CCC1C=CC(C2C(c3ccc(C(F)(F)C(C)(C)F)cc3)C2(C)C)=CC1. The predicted octanol–water partition coefficient (Wildman–Crippen LogP) is 7.18. The summed E-state index contributed by atoms with van der Waals surface area (Å²) >= 11 is 0. The van der Waals surface area contributed by atoms with Crippen LogP contribution in [0.1, 0.15) is 64.5 Å². The van der Waals surface area contributed by atoms with Crippen LogP contribution in [0.15, 0.2) is 48.1 Å². The van der Waals surface area contributed by atoms with Gasteiger partial charge in [0.2, 0.25) is 0 Å². The Morgan fingerprint density at radius 2 is 1.65 bits per heavy atom. The second kappa shape index (κ2) is 6.28. The van der Waals surface area contributed by atoms with E-state index < -0.39 is 11.6 Å². The minimum Gasteiger partial charge on any atom is -0.237 e. The molecule has 0 nitrogen and oxygen atoms in total.